The third kappa shape index (κ3) is 5.15. The number of carbonyl (C=O) groups excluding carboxylic acids is 1. The molecular formula is C23H23ClN2O5S. The minimum Gasteiger partial charge on any atom is -0.497 e. The third-order valence-corrected chi connectivity index (χ3v) is 6.74. The fourth-order valence-corrected chi connectivity index (χ4v) is 4.88. The second kappa shape index (κ2) is 9.93. The van der Waals surface area contributed by atoms with Gasteiger partial charge in [-0.3, -0.25) is 9.10 Å². The molecule has 0 radical (unpaired) electrons. The first-order valence-electron chi connectivity index (χ1n) is 9.62. The number of ether oxygens (including phenoxy) is 2. The van der Waals surface area contributed by atoms with Crippen LogP contribution in [0.15, 0.2) is 71.6 Å². The van der Waals surface area contributed by atoms with Gasteiger partial charge < -0.3 is 14.8 Å². The SMILES string of the molecule is COc1ccc(OC)c(NC(=O)CN(c2ccc(Cl)cc2C)S(=O)(=O)c2ccccc2)c1. The van der Waals surface area contributed by atoms with Crippen molar-refractivity contribution in [3.63, 3.8) is 0 Å². The van der Waals surface area contributed by atoms with Crippen LogP contribution in [0.3, 0.4) is 0 Å². The number of sulfonamides is 1. The predicted molar refractivity (Wildman–Crippen MR) is 125 cm³/mol. The number of aryl methyl sites for hydroxylation is 1. The van der Waals surface area contributed by atoms with E-state index < -0.39 is 22.5 Å². The van der Waals surface area contributed by atoms with E-state index in [1.165, 1.54) is 26.4 Å². The molecule has 0 bridgehead atoms. The Morgan fingerprint density at radius 2 is 1.72 bits per heavy atom. The molecule has 0 aliphatic carbocycles. The second-order valence-corrected chi connectivity index (χ2v) is 9.17. The maximum atomic E-state index is 13.4. The van der Waals surface area contributed by atoms with E-state index in [2.05, 4.69) is 5.32 Å². The van der Waals surface area contributed by atoms with Gasteiger partial charge in [-0.25, -0.2) is 8.42 Å². The minimum atomic E-state index is -4.03. The normalized spacial score (nSPS) is 11.0. The third-order valence-electron chi connectivity index (χ3n) is 4.73. The fourth-order valence-electron chi connectivity index (χ4n) is 3.15. The van der Waals surface area contributed by atoms with E-state index in [0.29, 0.717) is 33.5 Å². The molecule has 0 aromatic heterocycles. The molecule has 0 saturated carbocycles. The summed E-state index contributed by atoms with van der Waals surface area (Å²) in [6, 6.07) is 17.7. The Labute approximate surface area is 192 Å². The van der Waals surface area contributed by atoms with Crippen LogP contribution in [0.1, 0.15) is 5.56 Å². The van der Waals surface area contributed by atoms with E-state index in [1.807, 2.05) is 0 Å². The number of halogens is 1. The average molecular weight is 475 g/mol. The van der Waals surface area contributed by atoms with Crippen LogP contribution in [0.5, 0.6) is 11.5 Å². The first kappa shape index (κ1) is 23.4. The molecule has 7 nitrogen and oxygen atoms in total. The zero-order valence-corrected chi connectivity index (χ0v) is 19.4. The van der Waals surface area contributed by atoms with E-state index in [4.69, 9.17) is 21.1 Å². The largest absolute Gasteiger partial charge is 0.497 e. The van der Waals surface area contributed by atoms with Gasteiger partial charge in [0.1, 0.15) is 18.0 Å². The van der Waals surface area contributed by atoms with Crippen molar-refractivity contribution in [3.05, 3.63) is 77.3 Å². The van der Waals surface area contributed by atoms with Gasteiger partial charge in [0.15, 0.2) is 0 Å². The Hall–Kier alpha value is -3.23. The van der Waals surface area contributed by atoms with Gasteiger partial charge in [0, 0.05) is 11.1 Å². The molecule has 0 atom stereocenters. The summed E-state index contributed by atoms with van der Waals surface area (Å²) < 4.78 is 38.5. The van der Waals surface area contributed by atoms with E-state index >= 15 is 0 Å². The molecule has 0 spiro atoms. The number of rotatable bonds is 8. The molecule has 0 fully saturated rings. The molecule has 0 aliphatic rings. The van der Waals surface area contributed by atoms with Crippen LogP contribution in [-0.2, 0) is 14.8 Å². The standard InChI is InChI=1S/C23H23ClN2O5S/c1-16-13-17(24)9-11-21(16)26(32(28,29)19-7-5-4-6-8-19)15-23(27)25-20-14-18(30-2)10-12-22(20)31-3/h4-14H,15H2,1-3H3,(H,25,27). The van der Waals surface area contributed by atoms with Crippen molar-refractivity contribution in [1.29, 1.82) is 0 Å². The Morgan fingerprint density at radius 3 is 2.34 bits per heavy atom. The Bertz CT molecular complexity index is 1220. The van der Waals surface area contributed by atoms with Crippen molar-refractivity contribution in [1.82, 2.24) is 0 Å². The van der Waals surface area contributed by atoms with E-state index in [9.17, 15) is 13.2 Å². The fraction of sp³-hybridized carbons (Fsp3) is 0.174. The lowest BCUT2D eigenvalue weighted by Crippen LogP contribution is -2.38. The molecule has 1 amide bonds. The molecule has 0 heterocycles. The number of nitrogens with one attached hydrogen (secondary N) is 1. The molecule has 0 unspecified atom stereocenters. The number of carbonyl (C=O) groups is 1. The smallest absolute Gasteiger partial charge is 0.264 e. The number of methoxy groups -OCH3 is 2. The first-order chi connectivity index (χ1) is 15.3. The highest BCUT2D eigenvalue weighted by Gasteiger charge is 2.28. The van der Waals surface area contributed by atoms with Crippen molar-refractivity contribution >= 4 is 38.9 Å². The van der Waals surface area contributed by atoms with E-state index in [0.717, 1.165) is 4.31 Å². The summed E-state index contributed by atoms with van der Waals surface area (Å²) in [4.78, 5) is 13.1. The number of benzene rings is 3. The molecule has 0 saturated heterocycles. The molecule has 3 aromatic rings. The number of nitrogens with zero attached hydrogens (tertiary/aromatic N) is 1. The van der Waals surface area contributed by atoms with Crippen LogP contribution in [-0.4, -0.2) is 35.1 Å². The maximum absolute atomic E-state index is 13.4. The van der Waals surface area contributed by atoms with E-state index in [1.54, 1.807) is 61.5 Å². The summed E-state index contributed by atoms with van der Waals surface area (Å²) in [5.74, 6) is 0.383. The second-order valence-electron chi connectivity index (χ2n) is 6.87. The lowest BCUT2D eigenvalue weighted by molar-refractivity contribution is -0.114. The maximum Gasteiger partial charge on any atom is 0.264 e. The monoisotopic (exact) mass is 474 g/mol. The van der Waals surface area contributed by atoms with Gasteiger partial charge >= 0.3 is 0 Å². The summed E-state index contributed by atoms with van der Waals surface area (Å²) in [5, 5.41) is 3.18. The quantitative estimate of drug-likeness (QED) is 0.519. The molecule has 168 valence electrons. The highest BCUT2D eigenvalue weighted by Crippen LogP contribution is 2.31. The molecule has 1 N–H and O–H groups in total. The summed E-state index contributed by atoms with van der Waals surface area (Å²) >= 11 is 6.05. The Morgan fingerprint density at radius 1 is 1.00 bits per heavy atom. The number of anilines is 2. The van der Waals surface area contributed by atoms with Crippen LogP contribution < -0.4 is 19.1 Å². The lowest BCUT2D eigenvalue weighted by atomic mass is 10.2. The van der Waals surface area contributed by atoms with Crippen molar-refractivity contribution in [2.45, 2.75) is 11.8 Å². The van der Waals surface area contributed by atoms with Crippen molar-refractivity contribution < 1.29 is 22.7 Å². The molecule has 3 rings (SSSR count). The van der Waals surface area contributed by atoms with Crippen molar-refractivity contribution in [2.24, 2.45) is 0 Å². The summed E-state index contributed by atoms with van der Waals surface area (Å²) in [5.41, 5.74) is 1.33. The molecular weight excluding hydrogens is 452 g/mol. The lowest BCUT2D eigenvalue weighted by Gasteiger charge is -2.26. The van der Waals surface area contributed by atoms with Gasteiger partial charge in [-0.15, -0.1) is 0 Å². The van der Waals surface area contributed by atoms with Crippen LogP contribution >= 0.6 is 11.6 Å². The summed E-state index contributed by atoms with van der Waals surface area (Å²) in [6.07, 6.45) is 0. The minimum absolute atomic E-state index is 0.0705. The average Bonchev–Trinajstić information content (AvgIpc) is 2.78. The van der Waals surface area contributed by atoms with Gasteiger partial charge in [-0.2, -0.15) is 0 Å². The van der Waals surface area contributed by atoms with Crippen LogP contribution in [0.2, 0.25) is 5.02 Å². The van der Waals surface area contributed by atoms with Gasteiger partial charge in [-0.1, -0.05) is 29.8 Å². The van der Waals surface area contributed by atoms with Gasteiger partial charge in [-0.05, 0) is 55.0 Å². The highest BCUT2D eigenvalue weighted by molar-refractivity contribution is 7.92. The Balaban J connectivity index is 1.99. The number of hydrogen-bond donors (Lipinski definition) is 1. The van der Waals surface area contributed by atoms with Gasteiger partial charge in [0.25, 0.3) is 10.0 Å². The number of amides is 1. The van der Waals surface area contributed by atoms with Gasteiger partial charge in [0.05, 0.1) is 30.5 Å². The summed E-state index contributed by atoms with van der Waals surface area (Å²) in [7, 11) is -1.05. The zero-order chi connectivity index (χ0) is 23.3. The van der Waals surface area contributed by atoms with Crippen LogP contribution in [0.4, 0.5) is 11.4 Å². The Kier molecular flexibility index (Phi) is 7.27. The molecule has 0 aliphatic heterocycles. The molecule has 32 heavy (non-hydrogen) atoms. The topological polar surface area (TPSA) is 84.9 Å². The van der Waals surface area contributed by atoms with Crippen molar-refractivity contribution in [2.75, 3.05) is 30.4 Å². The first-order valence-corrected chi connectivity index (χ1v) is 11.4. The number of hydrogen-bond acceptors (Lipinski definition) is 5. The van der Waals surface area contributed by atoms with Gasteiger partial charge in [0.2, 0.25) is 5.91 Å². The van der Waals surface area contributed by atoms with Crippen LogP contribution in [0, 0.1) is 6.92 Å². The molecule has 3 aromatic carbocycles. The van der Waals surface area contributed by atoms with Crippen molar-refractivity contribution in [3.8, 4) is 11.5 Å². The predicted octanol–water partition coefficient (Wildman–Crippen LogP) is 4.50. The highest BCUT2D eigenvalue weighted by atomic mass is 35.5. The van der Waals surface area contributed by atoms with E-state index in [-0.39, 0.29) is 4.90 Å². The van der Waals surface area contributed by atoms with Crippen LogP contribution in [0.25, 0.3) is 0 Å². The summed E-state index contributed by atoms with van der Waals surface area (Å²) in [6.45, 7) is 1.28. The molecule has 9 heteroatoms. The zero-order valence-electron chi connectivity index (χ0n) is 17.8.